The van der Waals surface area contributed by atoms with Crippen molar-refractivity contribution >= 4 is 47.2 Å². The van der Waals surface area contributed by atoms with Crippen molar-refractivity contribution in [3.63, 3.8) is 0 Å². The molecule has 3 atom stereocenters. The largest absolute Gasteiger partial charge is 0.508 e. The Morgan fingerprint density at radius 3 is 1.82 bits per heavy atom. The van der Waals surface area contributed by atoms with Crippen molar-refractivity contribution in [3.8, 4) is 5.75 Å². The Morgan fingerprint density at radius 1 is 0.879 bits per heavy atom. The molecule has 0 heterocycles. The number of aliphatic carboxylic acids is 1. The van der Waals surface area contributed by atoms with E-state index in [2.05, 4.69) is 16.0 Å². The highest BCUT2D eigenvalue weighted by Gasteiger charge is 2.29. The monoisotopic (exact) mass is 500 g/mol. The lowest BCUT2D eigenvalue weighted by atomic mass is 10.0. The second kappa shape index (κ2) is 15.4. The molecule has 0 fully saturated rings. The fourth-order valence-corrected chi connectivity index (χ4v) is 3.82. The molecule has 3 amide bonds. The van der Waals surface area contributed by atoms with Crippen molar-refractivity contribution in [1.82, 2.24) is 16.0 Å². The first-order valence-corrected chi connectivity index (χ1v) is 13.1. The van der Waals surface area contributed by atoms with E-state index in [0.717, 1.165) is 0 Å². The van der Waals surface area contributed by atoms with E-state index in [1.54, 1.807) is 12.1 Å². The van der Waals surface area contributed by atoms with Gasteiger partial charge in [-0.1, -0.05) is 12.1 Å². The average Bonchev–Trinajstić information content (AvgIpc) is 2.79. The molecule has 1 aromatic rings. The molecule has 1 aromatic carbocycles. The van der Waals surface area contributed by atoms with Crippen LogP contribution in [0.1, 0.15) is 18.4 Å². The summed E-state index contributed by atoms with van der Waals surface area (Å²) >= 11 is 2.99. The summed E-state index contributed by atoms with van der Waals surface area (Å²) in [4.78, 5) is 49.2. The highest BCUT2D eigenvalue weighted by Crippen LogP contribution is 2.12. The van der Waals surface area contributed by atoms with Gasteiger partial charge in [0.15, 0.2) is 0 Å². The summed E-state index contributed by atoms with van der Waals surface area (Å²) in [7, 11) is 0. The molecule has 10 nitrogen and oxygen atoms in total. The smallest absolute Gasteiger partial charge is 0.326 e. The molecule has 1 rings (SSSR count). The summed E-state index contributed by atoms with van der Waals surface area (Å²) in [6.45, 7) is -0.267. The molecule has 184 valence electrons. The van der Waals surface area contributed by atoms with E-state index in [-0.39, 0.29) is 25.1 Å². The Labute approximate surface area is 201 Å². The summed E-state index contributed by atoms with van der Waals surface area (Å²) in [5.41, 5.74) is 5.95. The van der Waals surface area contributed by atoms with Gasteiger partial charge in [-0.2, -0.15) is 23.5 Å². The van der Waals surface area contributed by atoms with Gasteiger partial charge in [-0.15, -0.1) is 0 Å². The summed E-state index contributed by atoms with van der Waals surface area (Å²) in [5, 5.41) is 26.7. The number of benzene rings is 1. The van der Waals surface area contributed by atoms with Gasteiger partial charge in [0, 0.05) is 6.42 Å². The molecule has 0 aliphatic rings. The first kappa shape index (κ1) is 28.6. The summed E-state index contributed by atoms with van der Waals surface area (Å²) in [6, 6.07) is 2.95. The minimum Gasteiger partial charge on any atom is -0.508 e. The van der Waals surface area contributed by atoms with Gasteiger partial charge in [0.05, 0.1) is 6.54 Å². The van der Waals surface area contributed by atoms with Crippen LogP contribution in [0.15, 0.2) is 24.3 Å². The van der Waals surface area contributed by atoms with Crippen LogP contribution in [0.25, 0.3) is 0 Å². The maximum atomic E-state index is 12.9. The predicted octanol–water partition coefficient (Wildman–Crippen LogP) is -0.0614. The van der Waals surface area contributed by atoms with Crippen molar-refractivity contribution in [3.05, 3.63) is 29.8 Å². The number of phenolic OH excluding ortho intramolecular Hbond substituents is 1. The number of aromatic hydroxyl groups is 1. The van der Waals surface area contributed by atoms with Gasteiger partial charge in [0.1, 0.15) is 23.9 Å². The van der Waals surface area contributed by atoms with Crippen LogP contribution in [0.2, 0.25) is 0 Å². The fraction of sp³-hybridized carbons (Fsp3) is 0.524. The zero-order valence-corrected chi connectivity index (χ0v) is 20.3. The Kier molecular flexibility index (Phi) is 13.3. The number of nitrogens with one attached hydrogen (secondary N) is 3. The second-order valence-electron chi connectivity index (χ2n) is 7.22. The molecule has 0 aliphatic heterocycles. The van der Waals surface area contributed by atoms with Crippen molar-refractivity contribution in [2.75, 3.05) is 30.6 Å². The third kappa shape index (κ3) is 10.8. The quantitative estimate of drug-likeness (QED) is 0.193. The van der Waals surface area contributed by atoms with Gasteiger partial charge in [0.2, 0.25) is 17.7 Å². The minimum absolute atomic E-state index is 0.00739. The lowest BCUT2D eigenvalue weighted by Crippen LogP contribution is -2.56. The van der Waals surface area contributed by atoms with Crippen molar-refractivity contribution in [1.29, 1.82) is 0 Å². The number of rotatable bonds is 15. The third-order valence-electron chi connectivity index (χ3n) is 4.68. The molecule has 0 spiro atoms. The van der Waals surface area contributed by atoms with E-state index in [9.17, 15) is 29.4 Å². The summed E-state index contributed by atoms with van der Waals surface area (Å²) < 4.78 is 0. The predicted molar refractivity (Wildman–Crippen MR) is 130 cm³/mol. The van der Waals surface area contributed by atoms with Gasteiger partial charge in [0.25, 0.3) is 0 Å². The highest BCUT2D eigenvalue weighted by molar-refractivity contribution is 7.98. The Bertz CT molecular complexity index is 793. The van der Waals surface area contributed by atoms with Crippen molar-refractivity contribution in [2.45, 2.75) is 37.4 Å². The number of carboxylic acid groups (broad SMARTS) is 1. The zero-order chi connectivity index (χ0) is 24.8. The van der Waals surface area contributed by atoms with Gasteiger partial charge in [-0.25, -0.2) is 4.79 Å². The van der Waals surface area contributed by atoms with Crippen LogP contribution in [0.3, 0.4) is 0 Å². The molecule has 0 saturated heterocycles. The lowest BCUT2D eigenvalue weighted by molar-refractivity contribution is -0.142. The van der Waals surface area contributed by atoms with Gasteiger partial charge in [-0.05, 0) is 54.6 Å². The summed E-state index contributed by atoms with van der Waals surface area (Å²) in [6.07, 6.45) is 4.37. The lowest BCUT2D eigenvalue weighted by Gasteiger charge is -2.24. The number of carbonyl (C=O) groups is 4. The fourth-order valence-electron chi connectivity index (χ4n) is 2.87. The van der Waals surface area contributed by atoms with Crippen LogP contribution in [0, 0.1) is 0 Å². The van der Waals surface area contributed by atoms with E-state index in [4.69, 9.17) is 5.73 Å². The van der Waals surface area contributed by atoms with Crippen LogP contribution in [-0.2, 0) is 25.6 Å². The number of hydrogen-bond acceptors (Lipinski definition) is 8. The Balaban J connectivity index is 2.92. The maximum Gasteiger partial charge on any atom is 0.326 e. The van der Waals surface area contributed by atoms with Crippen molar-refractivity contribution in [2.24, 2.45) is 5.73 Å². The standard InChI is InChI=1S/C21H32N4O6S2/c1-32-9-7-15(23-18(27)12-22)19(28)24-16(8-10-33-2)20(29)25-17(21(30)31)11-13-3-5-14(26)6-4-13/h3-6,15-17,26H,7-12,22H2,1-2H3,(H,23,27)(H,24,28)(H,25,29)(H,30,31). The van der Waals surface area contributed by atoms with E-state index in [1.807, 2.05) is 12.5 Å². The number of hydrogen-bond donors (Lipinski definition) is 6. The van der Waals surface area contributed by atoms with E-state index in [1.165, 1.54) is 35.7 Å². The number of thioether (sulfide) groups is 2. The van der Waals surface area contributed by atoms with Crippen LogP contribution >= 0.6 is 23.5 Å². The molecule has 7 N–H and O–H groups in total. The number of nitrogens with two attached hydrogens (primary N) is 1. The highest BCUT2D eigenvalue weighted by atomic mass is 32.2. The molecule has 3 unspecified atom stereocenters. The first-order valence-electron chi connectivity index (χ1n) is 10.3. The van der Waals surface area contributed by atoms with Gasteiger partial charge < -0.3 is 31.9 Å². The number of carbonyl (C=O) groups excluding carboxylic acids is 3. The molecule has 0 saturated carbocycles. The normalized spacial score (nSPS) is 13.4. The first-order chi connectivity index (χ1) is 15.7. The average molecular weight is 501 g/mol. The van der Waals surface area contributed by atoms with E-state index in [0.29, 0.717) is 23.5 Å². The van der Waals surface area contributed by atoms with Crippen LogP contribution < -0.4 is 21.7 Å². The van der Waals surface area contributed by atoms with Crippen LogP contribution in [0.4, 0.5) is 0 Å². The SMILES string of the molecule is CSCCC(NC(=O)CN)C(=O)NC(CCSC)C(=O)NC(Cc1ccc(O)cc1)C(=O)O. The molecule has 0 bridgehead atoms. The van der Waals surface area contributed by atoms with Crippen LogP contribution in [-0.4, -0.2) is 82.6 Å². The number of amides is 3. The number of phenols is 1. The van der Waals surface area contributed by atoms with E-state index < -0.39 is 41.8 Å². The number of carboxylic acids is 1. The summed E-state index contributed by atoms with van der Waals surface area (Å²) in [5.74, 6) is -1.65. The van der Waals surface area contributed by atoms with Crippen LogP contribution in [0.5, 0.6) is 5.75 Å². The molecular weight excluding hydrogens is 468 g/mol. The topological polar surface area (TPSA) is 171 Å². The zero-order valence-electron chi connectivity index (χ0n) is 18.7. The minimum atomic E-state index is -1.22. The molecule has 12 heteroatoms. The molecule has 0 radical (unpaired) electrons. The molecule has 0 aliphatic carbocycles. The molecular formula is C21H32N4O6S2. The maximum absolute atomic E-state index is 12.9. The van der Waals surface area contributed by atoms with Gasteiger partial charge in [-0.3, -0.25) is 14.4 Å². The second-order valence-corrected chi connectivity index (χ2v) is 9.19. The van der Waals surface area contributed by atoms with E-state index >= 15 is 0 Å². The Morgan fingerprint density at radius 2 is 1.36 bits per heavy atom. The Hall–Kier alpha value is -2.44. The van der Waals surface area contributed by atoms with Crippen molar-refractivity contribution < 1.29 is 29.4 Å². The molecule has 0 aromatic heterocycles. The molecule has 33 heavy (non-hydrogen) atoms. The van der Waals surface area contributed by atoms with Gasteiger partial charge >= 0.3 is 5.97 Å². The third-order valence-corrected chi connectivity index (χ3v) is 5.97.